The van der Waals surface area contributed by atoms with Gasteiger partial charge >= 0.3 is 12.3 Å². The summed E-state index contributed by atoms with van der Waals surface area (Å²) in [6, 6.07) is -0.662. The largest absolute Gasteiger partial charge is 0.465 e. The SMILES string of the molecule is O=C(O)NC(CNc1ncc(Br)s1)Cn1cnc(C(F)(F)F)c1. The topological polar surface area (TPSA) is 92.1 Å². The van der Waals surface area contributed by atoms with Crippen LogP contribution < -0.4 is 10.6 Å². The number of carboxylic acid groups (broad SMARTS) is 1. The van der Waals surface area contributed by atoms with E-state index < -0.39 is 24.0 Å². The smallest absolute Gasteiger partial charge is 0.434 e. The van der Waals surface area contributed by atoms with Crippen LogP contribution in [0.25, 0.3) is 0 Å². The van der Waals surface area contributed by atoms with Crippen LogP contribution in [0.15, 0.2) is 22.5 Å². The number of hydrogen-bond donors (Lipinski definition) is 3. The first-order valence-electron chi connectivity index (χ1n) is 6.17. The van der Waals surface area contributed by atoms with Crippen molar-refractivity contribution in [3.05, 3.63) is 28.2 Å². The van der Waals surface area contributed by atoms with Crippen LogP contribution >= 0.6 is 27.3 Å². The molecule has 0 radical (unpaired) electrons. The van der Waals surface area contributed by atoms with E-state index in [9.17, 15) is 18.0 Å². The second-order valence-electron chi connectivity index (χ2n) is 4.45. The molecule has 1 amide bonds. The van der Waals surface area contributed by atoms with Gasteiger partial charge in [-0.25, -0.2) is 14.8 Å². The number of nitrogens with one attached hydrogen (secondary N) is 2. The van der Waals surface area contributed by atoms with E-state index in [1.807, 2.05) is 0 Å². The molecule has 0 aliphatic rings. The molecule has 0 saturated heterocycles. The maximum absolute atomic E-state index is 12.5. The first-order valence-corrected chi connectivity index (χ1v) is 7.78. The zero-order valence-electron chi connectivity index (χ0n) is 11.3. The van der Waals surface area contributed by atoms with Gasteiger partial charge in [-0.05, 0) is 15.9 Å². The Morgan fingerprint density at radius 3 is 2.74 bits per heavy atom. The Kier molecular flexibility index (Phi) is 5.46. The van der Waals surface area contributed by atoms with Crippen molar-refractivity contribution in [1.82, 2.24) is 19.9 Å². The Hall–Kier alpha value is -1.82. The van der Waals surface area contributed by atoms with Crippen LogP contribution in [0, 0.1) is 0 Å². The predicted molar refractivity (Wildman–Crippen MR) is 80.5 cm³/mol. The number of imidazole rings is 1. The molecule has 0 saturated carbocycles. The average molecular weight is 414 g/mol. The highest BCUT2D eigenvalue weighted by atomic mass is 79.9. The van der Waals surface area contributed by atoms with Gasteiger partial charge in [0.15, 0.2) is 10.8 Å². The molecule has 3 N–H and O–H groups in total. The van der Waals surface area contributed by atoms with E-state index in [0.29, 0.717) is 5.13 Å². The Labute approximate surface area is 140 Å². The maximum Gasteiger partial charge on any atom is 0.434 e. The molecule has 0 aliphatic heterocycles. The lowest BCUT2D eigenvalue weighted by Gasteiger charge is -2.17. The quantitative estimate of drug-likeness (QED) is 0.676. The van der Waals surface area contributed by atoms with Gasteiger partial charge < -0.3 is 20.3 Å². The molecular weight excluding hydrogens is 403 g/mol. The summed E-state index contributed by atoms with van der Waals surface area (Å²) in [5.74, 6) is 0. The number of amides is 1. The van der Waals surface area contributed by atoms with E-state index in [4.69, 9.17) is 5.11 Å². The molecule has 2 aromatic heterocycles. The fourth-order valence-electron chi connectivity index (χ4n) is 1.74. The molecule has 0 aromatic carbocycles. The summed E-state index contributed by atoms with van der Waals surface area (Å²) in [5.41, 5.74) is -1.02. The van der Waals surface area contributed by atoms with Crippen LogP contribution in [0.3, 0.4) is 0 Å². The molecule has 0 bridgehead atoms. The van der Waals surface area contributed by atoms with Gasteiger partial charge in [0.1, 0.15) is 0 Å². The van der Waals surface area contributed by atoms with Crippen LogP contribution in [0.4, 0.5) is 23.1 Å². The maximum atomic E-state index is 12.5. The normalized spacial score (nSPS) is 12.9. The Balaban J connectivity index is 2.00. The van der Waals surface area contributed by atoms with Gasteiger partial charge in [0.2, 0.25) is 0 Å². The lowest BCUT2D eigenvalue weighted by Crippen LogP contribution is -2.41. The highest BCUT2D eigenvalue weighted by Gasteiger charge is 2.33. The van der Waals surface area contributed by atoms with Crippen LogP contribution in [-0.2, 0) is 12.7 Å². The van der Waals surface area contributed by atoms with E-state index in [1.54, 1.807) is 6.20 Å². The minimum atomic E-state index is -4.54. The molecule has 0 aliphatic carbocycles. The van der Waals surface area contributed by atoms with Crippen molar-refractivity contribution in [3.63, 3.8) is 0 Å². The van der Waals surface area contributed by atoms with Crippen LogP contribution in [0.2, 0.25) is 0 Å². The predicted octanol–water partition coefficient (Wildman–Crippen LogP) is 2.87. The van der Waals surface area contributed by atoms with Crippen molar-refractivity contribution in [1.29, 1.82) is 0 Å². The molecule has 7 nitrogen and oxygen atoms in total. The zero-order chi connectivity index (χ0) is 17.0. The minimum Gasteiger partial charge on any atom is -0.465 e. The highest BCUT2D eigenvalue weighted by molar-refractivity contribution is 9.11. The molecule has 0 fully saturated rings. The van der Waals surface area contributed by atoms with Crippen molar-refractivity contribution in [2.45, 2.75) is 18.8 Å². The van der Waals surface area contributed by atoms with E-state index in [2.05, 4.69) is 36.5 Å². The summed E-state index contributed by atoms with van der Waals surface area (Å²) >= 11 is 4.56. The van der Waals surface area contributed by atoms with Gasteiger partial charge in [-0.15, -0.1) is 0 Å². The Bertz CT molecular complexity index is 675. The van der Waals surface area contributed by atoms with Gasteiger partial charge in [0.05, 0.1) is 22.4 Å². The lowest BCUT2D eigenvalue weighted by molar-refractivity contribution is -0.141. The molecule has 23 heavy (non-hydrogen) atoms. The van der Waals surface area contributed by atoms with E-state index in [0.717, 1.165) is 16.3 Å². The van der Waals surface area contributed by atoms with Crippen molar-refractivity contribution < 1.29 is 23.1 Å². The minimum absolute atomic E-state index is 0.00503. The standard InChI is InChI=1S/C11H11BrF3N5O2S/c12-8-2-17-9(23-8)16-1-6(19-10(21)22)3-20-4-7(18-5-20)11(13,14)15/h2,4-6,19H,1,3H2,(H,16,17)(H,21,22). The summed E-state index contributed by atoms with van der Waals surface area (Å²) < 4.78 is 39.5. The van der Waals surface area contributed by atoms with Gasteiger partial charge in [-0.1, -0.05) is 11.3 Å². The molecule has 1 unspecified atom stereocenters. The summed E-state index contributed by atoms with van der Waals surface area (Å²) in [6.45, 7) is 0.153. The molecule has 2 rings (SSSR count). The second-order valence-corrected chi connectivity index (χ2v) is 6.86. The van der Waals surface area contributed by atoms with Gasteiger partial charge in [-0.3, -0.25) is 0 Å². The summed E-state index contributed by atoms with van der Waals surface area (Å²) in [5, 5.41) is 14.6. The van der Waals surface area contributed by atoms with Crippen molar-refractivity contribution in [2.24, 2.45) is 0 Å². The van der Waals surface area contributed by atoms with Gasteiger partial charge in [-0.2, -0.15) is 13.2 Å². The average Bonchev–Trinajstić information content (AvgIpc) is 3.04. The molecule has 2 aromatic rings. The third kappa shape index (κ3) is 5.39. The number of carbonyl (C=O) groups is 1. The van der Waals surface area contributed by atoms with Crippen LogP contribution in [-0.4, -0.2) is 38.3 Å². The number of thiazole rings is 1. The number of anilines is 1. The molecule has 126 valence electrons. The molecule has 12 heteroatoms. The highest BCUT2D eigenvalue weighted by Crippen LogP contribution is 2.27. The van der Waals surface area contributed by atoms with Gasteiger partial charge in [0, 0.05) is 19.3 Å². The van der Waals surface area contributed by atoms with E-state index in [-0.39, 0.29) is 13.1 Å². The number of nitrogens with zero attached hydrogens (tertiary/aromatic N) is 3. The number of aromatic nitrogens is 3. The first-order chi connectivity index (χ1) is 10.7. The second kappa shape index (κ2) is 7.17. The van der Waals surface area contributed by atoms with Crippen LogP contribution in [0.5, 0.6) is 0 Å². The molecule has 2 heterocycles. The van der Waals surface area contributed by atoms with Crippen LogP contribution in [0.1, 0.15) is 5.69 Å². The molecule has 1 atom stereocenters. The van der Waals surface area contributed by atoms with Crippen molar-refractivity contribution in [3.8, 4) is 0 Å². The first kappa shape index (κ1) is 17.5. The molecular formula is C11H11BrF3N5O2S. The van der Waals surface area contributed by atoms with Crippen molar-refractivity contribution in [2.75, 3.05) is 11.9 Å². The van der Waals surface area contributed by atoms with E-state index >= 15 is 0 Å². The van der Waals surface area contributed by atoms with Crippen molar-refractivity contribution >= 4 is 38.5 Å². The monoisotopic (exact) mass is 413 g/mol. The van der Waals surface area contributed by atoms with Gasteiger partial charge in [0.25, 0.3) is 0 Å². The number of halogens is 4. The third-order valence-electron chi connectivity index (χ3n) is 2.66. The number of rotatable bonds is 6. The third-order valence-corrected chi connectivity index (χ3v) is 4.09. The summed E-state index contributed by atoms with van der Waals surface area (Å²) in [4.78, 5) is 18.1. The van der Waals surface area contributed by atoms with E-state index in [1.165, 1.54) is 15.9 Å². The molecule has 0 spiro atoms. The fraction of sp³-hybridized carbons (Fsp3) is 0.364. The Morgan fingerprint density at radius 1 is 1.48 bits per heavy atom. The summed E-state index contributed by atoms with van der Waals surface area (Å²) in [7, 11) is 0. The Morgan fingerprint density at radius 2 is 2.22 bits per heavy atom. The number of alkyl halides is 3. The fourth-order valence-corrected chi connectivity index (χ4v) is 2.86. The lowest BCUT2D eigenvalue weighted by atomic mass is 10.3. The summed E-state index contributed by atoms with van der Waals surface area (Å²) in [6.07, 6.45) is -2.38. The number of hydrogen-bond acceptors (Lipinski definition) is 5. The zero-order valence-corrected chi connectivity index (χ0v) is 13.7.